The van der Waals surface area contributed by atoms with Gasteiger partial charge in [0.15, 0.2) is 17.9 Å². The van der Waals surface area contributed by atoms with Crippen molar-refractivity contribution >= 4 is 17.3 Å². The summed E-state index contributed by atoms with van der Waals surface area (Å²) in [5.74, 6) is -2.74. The van der Waals surface area contributed by atoms with Crippen LogP contribution < -0.4 is 5.73 Å². The SMILES string of the molecule is CC(=O)[C@@]1(N)Cc2c(O)c3c(c(O)c2[C@@H](O[C@H]2C[C@H](O)[C@H](O)CO2)C1)C(=O)c1ccccc1C3=O. The van der Waals surface area contributed by atoms with Gasteiger partial charge in [-0.1, -0.05) is 24.3 Å². The van der Waals surface area contributed by atoms with Gasteiger partial charge in [0.05, 0.1) is 35.5 Å². The maximum absolute atomic E-state index is 13.3. The van der Waals surface area contributed by atoms with Crippen molar-refractivity contribution in [2.45, 2.75) is 56.3 Å². The fraction of sp³-hybridized carbons (Fsp3) is 0.400. The smallest absolute Gasteiger partial charge is 0.198 e. The number of nitrogens with two attached hydrogens (primary N) is 1. The van der Waals surface area contributed by atoms with Crippen LogP contribution in [-0.4, -0.2) is 68.4 Å². The van der Waals surface area contributed by atoms with Gasteiger partial charge >= 0.3 is 0 Å². The summed E-state index contributed by atoms with van der Waals surface area (Å²) in [6.07, 6.45) is -4.74. The molecule has 0 aromatic heterocycles. The van der Waals surface area contributed by atoms with E-state index in [0.29, 0.717) is 0 Å². The highest BCUT2D eigenvalue weighted by Gasteiger charge is 2.48. The molecule has 0 radical (unpaired) electrons. The molecule has 2 aromatic carbocycles. The number of hydrogen-bond donors (Lipinski definition) is 5. The lowest BCUT2D eigenvalue weighted by Crippen LogP contribution is -2.53. The standard InChI is InChI=1S/C25H25NO9/c1-10(27)25(26)7-13-18(16(8-25)35-17-6-14(28)15(29)9-34-17)24(33)20-19(23(13)32)21(30)11-4-2-3-5-12(11)22(20)31/h2-5,14-17,28-29,32-33H,6-9,26H2,1H3/t14-,15+,16-,17-,25+/m0/s1. The fourth-order valence-corrected chi connectivity index (χ4v) is 5.13. The second-order valence-electron chi connectivity index (χ2n) is 9.39. The van der Waals surface area contributed by atoms with Gasteiger partial charge in [-0.25, -0.2) is 0 Å². The summed E-state index contributed by atoms with van der Waals surface area (Å²) in [6, 6.07) is 6.10. The number of aliphatic hydroxyl groups excluding tert-OH is 2. The van der Waals surface area contributed by atoms with Crippen LogP contribution >= 0.6 is 0 Å². The van der Waals surface area contributed by atoms with E-state index >= 15 is 0 Å². The molecule has 0 saturated carbocycles. The van der Waals surface area contributed by atoms with Crippen molar-refractivity contribution in [1.82, 2.24) is 0 Å². The van der Waals surface area contributed by atoms with E-state index in [9.17, 15) is 34.8 Å². The molecule has 6 N–H and O–H groups in total. The minimum absolute atomic E-state index is 0.0344. The lowest BCUT2D eigenvalue weighted by Gasteiger charge is -2.41. The number of ether oxygens (including phenoxy) is 2. The number of hydrogen-bond acceptors (Lipinski definition) is 10. The number of ketones is 3. The molecule has 1 saturated heterocycles. The minimum atomic E-state index is -1.50. The molecule has 10 heteroatoms. The molecule has 35 heavy (non-hydrogen) atoms. The zero-order valence-electron chi connectivity index (χ0n) is 18.9. The van der Waals surface area contributed by atoms with Crippen LogP contribution in [0.2, 0.25) is 0 Å². The molecule has 184 valence electrons. The first-order chi connectivity index (χ1) is 16.5. The van der Waals surface area contributed by atoms with Gasteiger partial charge in [0, 0.05) is 41.5 Å². The minimum Gasteiger partial charge on any atom is -0.507 e. The van der Waals surface area contributed by atoms with Crippen LogP contribution in [0.1, 0.15) is 68.8 Å². The average Bonchev–Trinajstić information content (AvgIpc) is 2.82. The highest BCUT2D eigenvalue weighted by molar-refractivity contribution is 6.30. The Morgan fingerprint density at radius 1 is 1.06 bits per heavy atom. The molecule has 0 amide bonds. The van der Waals surface area contributed by atoms with E-state index < -0.39 is 59.0 Å². The molecule has 1 fully saturated rings. The second-order valence-corrected chi connectivity index (χ2v) is 9.39. The number of aliphatic hydroxyl groups is 2. The molecule has 1 aliphatic heterocycles. The average molecular weight is 483 g/mol. The zero-order chi connectivity index (χ0) is 25.2. The van der Waals surface area contributed by atoms with Crippen LogP contribution in [0, 0.1) is 0 Å². The molecule has 0 unspecified atom stereocenters. The number of Topliss-reactive ketones (excluding diaryl/α,β-unsaturated/α-hetero) is 1. The zero-order valence-corrected chi connectivity index (χ0v) is 18.9. The van der Waals surface area contributed by atoms with Crippen molar-refractivity contribution in [3.63, 3.8) is 0 Å². The number of carbonyl (C=O) groups is 3. The predicted octanol–water partition coefficient (Wildman–Crippen LogP) is 0.632. The highest BCUT2D eigenvalue weighted by atomic mass is 16.7. The van der Waals surface area contributed by atoms with E-state index in [1.165, 1.54) is 19.1 Å². The molecule has 2 aromatic rings. The number of benzene rings is 2. The summed E-state index contributed by atoms with van der Waals surface area (Å²) in [5.41, 5.74) is 4.47. The number of phenols is 2. The quantitative estimate of drug-likeness (QED) is 0.332. The van der Waals surface area contributed by atoms with E-state index in [1.54, 1.807) is 12.1 Å². The van der Waals surface area contributed by atoms with Crippen LogP contribution in [0.25, 0.3) is 0 Å². The maximum Gasteiger partial charge on any atom is 0.198 e. The van der Waals surface area contributed by atoms with Gasteiger partial charge in [0.2, 0.25) is 0 Å². The Bertz CT molecular complexity index is 1270. The van der Waals surface area contributed by atoms with Crippen LogP contribution in [0.3, 0.4) is 0 Å². The normalized spacial score (nSPS) is 29.8. The first-order valence-corrected chi connectivity index (χ1v) is 11.3. The van der Waals surface area contributed by atoms with Gasteiger partial charge in [0.1, 0.15) is 23.4 Å². The van der Waals surface area contributed by atoms with Crippen molar-refractivity contribution in [3.8, 4) is 11.5 Å². The van der Waals surface area contributed by atoms with Crippen LogP contribution in [0.15, 0.2) is 24.3 Å². The Balaban J connectivity index is 1.67. The molecular weight excluding hydrogens is 458 g/mol. The Morgan fingerprint density at radius 3 is 2.23 bits per heavy atom. The van der Waals surface area contributed by atoms with Crippen molar-refractivity contribution in [1.29, 1.82) is 0 Å². The molecule has 10 nitrogen and oxygen atoms in total. The predicted molar refractivity (Wildman–Crippen MR) is 119 cm³/mol. The molecule has 1 heterocycles. The van der Waals surface area contributed by atoms with E-state index in [0.717, 1.165) is 0 Å². The number of carbonyl (C=O) groups excluding carboxylic acids is 3. The van der Waals surface area contributed by atoms with Gasteiger partial charge in [-0.05, 0) is 6.92 Å². The van der Waals surface area contributed by atoms with Crippen molar-refractivity contribution in [3.05, 3.63) is 57.6 Å². The third kappa shape index (κ3) is 3.57. The van der Waals surface area contributed by atoms with Crippen molar-refractivity contribution in [2.75, 3.05) is 6.61 Å². The van der Waals surface area contributed by atoms with E-state index in [-0.39, 0.29) is 59.3 Å². The summed E-state index contributed by atoms with van der Waals surface area (Å²) in [5, 5.41) is 42.3. The van der Waals surface area contributed by atoms with Gasteiger partial charge in [-0.3, -0.25) is 14.4 Å². The molecule has 2 aliphatic carbocycles. The summed E-state index contributed by atoms with van der Waals surface area (Å²) in [7, 11) is 0. The fourth-order valence-electron chi connectivity index (χ4n) is 5.13. The van der Waals surface area contributed by atoms with Crippen LogP contribution in [0.4, 0.5) is 0 Å². The second kappa shape index (κ2) is 8.21. The Labute approximate surface area is 199 Å². The molecule has 0 bridgehead atoms. The van der Waals surface area contributed by atoms with Crippen LogP contribution in [0.5, 0.6) is 11.5 Å². The van der Waals surface area contributed by atoms with Crippen molar-refractivity contribution < 1.29 is 44.3 Å². The van der Waals surface area contributed by atoms with Crippen LogP contribution in [-0.2, 0) is 20.7 Å². The molecule has 3 aliphatic rings. The largest absolute Gasteiger partial charge is 0.507 e. The van der Waals surface area contributed by atoms with E-state index in [4.69, 9.17) is 15.2 Å². The van der Waals surface area contributed by atoms with Gasteiger partial charge in [-0.15, -0.1) is 0 Å². The molecule has 0 spiro atoms. The Morgan fingerprint density at radius 2 is 1.66 bits per heavy atom. The lowest BCUT2D eigenvalue weighted by molar-refractivity contribution is -0.238. The van der Waals surface area contributed by atoms with Gasteiger partial charge in [0.25, 0.3) is 0 Å². The lowest BCUT2D eigenvalue weighted by atomic mass is 9.71. The molecule has 5 rings (SSSR count). The number of fused-ring (bicyclic) bond motifs is 3. The third-order valence-corrected chi connectivity index (χ3v) is 7.17. The first kappa shape index (κ1) is 23.6. The van der Waals surface area contributed by atoms with Gasteiger partial charge in [-0.2, -0.15) is 0 Å². The monoisotopic (exact) mass is 483 g/mol. The van der Waals surface area contributed by atoms with Crippen molar-refractivity contribution in [2.24, 2.45) is 5.73 Å². The Hall–Kier alpha value is -3.15. The topological polar surface area (TPSA) is 177 Å². The summed E-state index contributed by atoms with van der Waals surface area (Å²) < 4.78 is 11.4. The summed E-state index contributed by atoms with van der Waals surface area (Å²) >= 11 is 0. The summed E-state index contributed by atoms with van der Waals surface area (Å²) in [6.45, 7) is 1.09. The Kier molecular flexibility index (Phi) is 5.53. The number of phenolic OH excluding ortho intramolecular Hbond substituents is 2. The van der Waals surface area contributed by atoms with E-state index in [2.05, 4.69) is 0 Å². The number of rotatable bonds is 3. The summed E-state index contributed by atoms with van der Waals surface area (Å²) in [4.78, 5) is 39.0. The molecular formula is C25H25NO9. The highest BCUT2D eigenvalue weighted by Crippen LogP contribution is 2.51. The first-order valence-electron chi connectivity index (χ1n) is 11.3. The van der Waals surface area contributed by atoms with E-state index in [1.807, 2.05) is 0 Å². The molecule has 5 atom stereocenters. The number of aromatic hydroxyl groups is 2. The maximum atomic E-state index is 13.3. The van der Waals surface area contributed by atoms with Gasteiger partial charge < -0.3 is 35.6 Å². The third-order valence-electron chi connectivity index (χ3n) is 7.17.